The molecule has 0 spiro atoms. The van der Waals surface area contributed by atoms with Gasteiger partial charge in [0.2, 0.25) is 0 Å². The highest BCUT2D eigenvalue weighted by atomic mass is 79.9. The first kappa shape index (κ1) is 13.3. The monoisotopic (exact) mass is 320 g/mol. The summed E-state index contributed by atoms with van der Waals surface area (Å²) in [6.07, 6.45) is 0. The largest absolute Gasteiger partial charge is 0.310 e. The van der Waals surface area contributed by atoms with Crippen LogP contribution in [0.1, 0.15) is 16.4 Å². The van der Waals surface area contributed by atoms with Crippen molar-refractivity contribution in [1.82, 2.24) is 5.32 Å². The minimum Gasteiger partial charge on any atom is -0.310 e. The van der Waals surface area contributed by atoms with E-state index in [0.717, 1.165) is 15.9 Å². The maximum absolute atomic E-state index is 9.19. The topological polar surface area (TPSA) is 35.8 Å². The van der Waals surface area contributed by atoms with Gasteiger partial charge in [-0.15, -0.1) is 11.3 Å². The first-order valence-corrected chi connectivity index (χ1v) is 7.30. The summed E-state index contributed by atoms with van der Waals surface area (Å²) < 4.78 is 1.14. The standard InChI is InChI=1S/C14H13BrN2S/c15-14-7-6-13(18-14)10-17-9-12(8-16)11-4-2-1-3-5-11/h1-7,12,17H,9-10H2. The third kappa shape index (κ3) is 3.67. The lowest BCUT2D eigenvalue weighted by Gasteiger charge is -2.10. The quantitative estimate of drug-likeness (QED) is 0.906. The van der Waals surface area contributed by atoms with Crippen LogP contribution in [0.15, 0.2) is 46.3 Å². The van der Waals surface area contributed by atoms with Crippen molar-refractivity contribution in [3.8, 4) is 6.07 Å². The molecule has 92 valence electrons. The number of nitriles is 1. The first-order chi connectivity index (χ1) is 8.79. The van der Waals surface area contributed by atoms with Crippen LogP contribution in [0.5, 0.6) is 0 Å². The fourth-order valence-corrected chi connectivity index (χ4v) is 3.16. The molecule has 0 radical (unpaired) electrons. The summed E-state index contributed by atoms with van der Waals surface area (Å²) in [5.41, 5.74) is 1.07. The average Bonchev–Trinajstić information content (AvgIpc) is 2.81. The molecule has 0 saturated carbocycles. The lowest BCUT2D eigenvalue weighted by molar-refractivity contribution is 0.657. The molecule has 2 rings (SSSR count). The number of hydrogen-bond donors (Lipinski definition) is 1. The zero-order valence-electron chi connectivity index (χ0n) is 9.77. The van der Waals surface area contributed by atoms with Gasteiger partial charge in [0.05, 0.1) is 15.8 Å². The molecule has 0 fully saturated rings. The van der Waals surface area contributed by atoms with Gasteiger partial charge in [-0.1, -0.05) is 30.3 Å². The highest BCUT2D eigenvalue weighted by molar-refractivity contribution is 9.11. The van der Waals surface area contributed by atoms with Crippen LogP contribution in [0.2, 0.25) is 0 Å². The number of halogens is 1. The molecular weight excluding hydrogens is 308 g/mol. The molecule has 0 aliphatic carbocycles. The van der Waals surface area contributed by atoms with Crippen LogP contribution in [0.4, 0.5) is 0 Å². The van der Waals surface area contributed by atoms with Crippen molar-refractivity contribution in [3.05, 3.63) is 56.7 Å². The van der Waals surface area contributed by atoms with Crippen LogP contribution in [0.3, 0.4) is 0 Å². The van der Waals surface area contributed by atoms with Crippen LogP contribution in [0.25, 0.3) is 0 Å². The fraction of sp³-hybridized carbons (Fsp3) is 0.214. The summed E-state index contributed by atoms with van der Waals surface area (Å²) in [5, 5.41) is 12.5. The molecule has 0 aliphatic rings. The van der Waals surface area contributed by atoms with Crippen molar-refractivity contribution in [1.29, 1.82) is 5.26 Å². The Labute approximate surface area is 119 Å². The van der Waals surface area contributed by atoms with E-state index in [4.69, 9.17) is 0 Å². The SMILES string of the molecule is N#CC(CNCc1ccc(Br)s1)c1ccccc1. The molecule has 0 bridgehead atoms. The summed E-state index contributed by atoms with van der Waals surface area (Å²) in [6.45, 7) is 1.48. The van der Waals surface area contributed by atoms with Gasteiger partial charge in [0.25, 0.3) is 0 Å². The Balaban J connectivity index is 1.87. The molecule has 1 unspecified atom stereocenters. The van der Waals surface area contributed by atoms with Crippen molar-refractivity contribution >= 4 is 27.3 Å². The first-order valence-electron chi connectivity index (χ1n) is 5.69. The van der Waals surface area contributed by atoms with E-state index in [2.05, 4.69) is 33.4 Å². The van der Waals surface area contributed by atoms with E-state index in [0.29, 0.717) is 6.54 Å². The maximum atomic E-state index is 9.19. The van der Waals surface area contributed by atoms with Gasteiger partial charge < -0.3 is 5.32 Å². The van der Waals surface area contributed by atoms with Crippen molar-refractivity contribution in [2.45, 2.75) is 12.5 Å². The van der Waals surface area contributed by atoms with E-state index < -0.39 is 0 Å². The van der Waals surface area contributed by atoms with Gasteiger partial charge in [0.1, 0.15) is 0 Å². The lowest BCUT2D eigenvalue weighted by atomic mass is 10.0. The highest BCUT2D eigenvalue weighted by Crippen LogP contribution is 2.22. The van der Waals surface area contributed by atoms with E-state index in [-0.39, 0.29) is 5.92 Å². The Morgan fingerprint density at radius 3 is 2.61 bits per heavy atom. The number of rotatable bonds is 5. The summed E-state index contributed by atoms with van der Waals surface area (Å²) in [6, 6.07) is 16.4. The lowest BCUT2D eigenvalue weighted by Crippen LogP contribution is -2.19. The molecule has 2 nitrogen and oxygen atoms in total. The van der Waals surface area contributed by atoms with Gasteiger partial charge in [-0.2, -0.15) is 5.26 Å². The second kappa shape index (κ2) is 6.69. The molecule has 1 heterocycles. The predicted molar refractivity (Wildman–Crippen MR) is 78.5 cm³/mol. The predicted octanol–water partition coefficient (Wildman–Crippen LogP) is 3.91. The van der Waals surface area contributed by atoms with Gasteiger partial charge in [-0.25, -0.2) is 0 Å². The molecule has 0 aliphatic heterocycles. The van der Waals surface area contributed by atoms with Crippen LogP contribution >= 0.6 is 27.3 Å². The van der Waals surface area contributed by atoms with E-state index in [1.807, 2.05) is 36.4 Å². The van der Waals surface area contributed by atoms with Crippen molar-refractivity contribution in [2.24, 2.45) is 0 Å². The van der Waals surface area contributed by atoms with Gasteiger partial charge >= 0.3 is 0 Å². The summed E-state index contributed by atoms with van der Waals surface area (Å²) >= 11 is 5.16. The Kier molecular flexibility index (Phi) is 4.94. The smallest absolute Gasteiger partial charge is 0.0837 e. The third-order valence-corrected chi connectivity index (χ3v) is 4.26. The van der Waals surface area contributed by atoms with Gasteiger partial charge in [-0.3, -0.25) is 0 Å². The molecule has 18 heavy (non-hydrogen) atoms. The highest BCUT2D eigenvalue weighted by Gasteiger charge is 2.09. The molecular formula is C14H13BrN2S. The van der Waals surface area contributed by atoms with Crippen LogP contribution in [-0.2, 0) is 6.54 Å². The normalized spacial score (nSPS) is 12.0. The summed E-state index contributed by atoms with van der Waals surface area (Å²) in [7, 11) is 0. The molecule has 1 atom stereocenters. The van der Waals surface area contributed by atoms with Crippen LogP contribution in [-0.4, -0.2) is 6.54 Å². The Hall–Kier alpha value is -1.15. The summed E-state index contributed by atoms with van der Waals surface area (Å²) in [5.74, 6) is -0.0883. The number of thiophene rings is 1. The van der Waals surface area contributed by atoms with Gasteiger partial charge in [-0.05, 0) is 33.6 Å². The molecule has 1 aromatic carbocycles. The molecule has 1 aromatic heterocycles. The zero-order chi connectivity index (χ0) is 12.8. The van der Waals surface area contributed by atoms with Crippen LogP contribution in [0, 0.1) is 11.3 Å². The van der Waals surface area contributed by atoms with Crippen molar-refractivity contribution in [3.63, 3.8) is 0 Å². The second-order valence-electron chi connectivity index (χ2n) is 3.93. The number of hydrogen-bond acceptors (Lipinski definition) is 3. The minimum absolute atomic E-state index is 0.0883. The van der Waals surface area contributed by atoms with Crippen molar-refractivity contribution < 1.29 is 0 Å². The molecule has 0 amide bonds. The third-order valence-electron chi connectivity index (χ3n) is 2.63. The number of nitrogens with one attached hydrogen (secondary N) is 1. The molecule has 1 N–H and O–H groups in total. The maximum Gasteiger partial charge on any atom is 0.0837 e. The minimum atomic E-state index is -0.0883. The second-order valence-corrected chi connectivity index (χ2v) is 6.48. The van der Waals surface area contributed by atoms with E-state index in [1.165, 1.54) is 4.88 Å². The van der Waals surface area contributed by atoms with Crippen LogP contribution < -0.4 is 5.32 Å². The fourth-order valence-electron chi connectivity index (χ4n) is 1.71. The van der Waals surface area contributed by atoms with Gasteiger partial charge in [0, 0.05) is 18.0 Å². The summed E-state index contributed by atoms with van der Waals surface area (Å²) in [4.78, 5) is 1.27. The number of nitrogens with zero attached hydrogens (tertiary/aromatic N) is 1. The Morgan fingerprint density at radius 1 is 1.22 bits per heavy atom. The molecule has 4 heteroatoms. The van der Waals surface area contributed by atoms with E-state index in [1.54, 1.807) is 11.3 Å². The Morgan fingerprint density at radius 2 is 2.00 bits per heavy atom. The zero-order valence-corrected chi connectivity index (χ0v) is 12.2. The van der Waals surface area contributed by atoms with E-state index in [9.17, 15) is 5.26 Å². The molecule has 2 aromatic rings. The van der Waals surface area contributed by atoms with Gasteiger partial charge in [0.15, 0.2) is 0 Å². The van der Waals surface area contributed by atoms with Crippen molar-refractivity contribution in [2.75, 3.05) is 6.54 Å². The number of benzene rings is 1. The Bertz CT molecular complexity index is 530. The van der Waals surface area contributed by atoms with E-state index >= 15 is 0 Å². The average molecular weight is 321 g/mol. The molecule has 0 saturated heterocycles.